The van der Waals surface area contributed by atoms with Crippen molar-refractivity contribution < 1.29 is 19.4 Å². The summed E-state index contributed by atoms with van der Waals surface area (Å²) in [5.74, 6) is -1.82. The number of allylic oxidation sites excluding steroid dienone is 2. The molecule has 0 spiro atoms. The van der Waals surface area contributed by atoms with Crippen LogP contribution in [0.1, 0.15) is 26.2 Å². The highest BCUT2D eigenvalue weighted by Gasteiger charge is 2.34. The van der Waals surface area contributed by atoms with Gasteiger partial charge < -0.3 is 15.2 Å². The van der Waals surface area contributed by atoms with E-state index in [2.05, 4.69) is 5.32 Å². The SMILES string of the molecule is CCCOc1ccccc1NC(=O)[C@@H]1CC=CC[C@H]1C(=O)O. The van der Waals surface area contributed by atoms with Gasteiger partial charge in [-0.3, -0.25) is 9.59 Å². The molecule has 2 N–H and O–H groups in total. The van der Waals surface area contributed by atoms with E-state index in [1.54, 1.807) is 12.1 Å². The number of carbonyl (C=O) groups excluding carboxylic acids is 1. The van der Waals surface area contributed by atoms with Gasteiger partial charge in [0.25, 0.3) is 0 Å². The van der Waals surface area contributed by atoms with Crippen molar-refractivity contribution in [1.29, 1.82) is 0 Å². The first kappa shape index (κ1) is 16.1. The summed E-state index contributed by atoms with van der Waals surface area (Å²) >= 11 is 0. The fraction of sp³-hybridized carbons (Fsp3) is 0.412. The van der Waals surface area contributed by atoms with Crippen molar-refractivity contribution in [2.75, 3.05) is 11.9 Å². The highest BCUT2D eigenvalue weighted by molar-refractivity contribution is 5.96. The largest absolute Gasteiger partial charge is 0.491 e. The van der Waals surface area contributed by atoms with E-state index >= 15 is 0 Å². The molecule has 0 aliphatic heterocycles. The third kappa shape index (κ3) is 3.87. The standard InChI is InChI=1S/C17H21NO4/c1-2-11-22-15-10-6-5-9-14(15)18-16(19)12-7-3-4-8-13(12)17(20)21/h3-6,9-10,12-13H,2,7-8,11H2,1H3,(H,18,19)(H,20,21)/t12-,13-/m1/s1. The van der Waals surface area contributed by atoms with Gasteiger partial charge in [-0.15, -0.1) is 0 Å². The molecule has 0 unspecified atom stereocenters. The molecule has 0 heterocycles. The number of anilines is 1. The number of hydrogen-bond acceptors (Lipinski definition) is 3. The minimum absolute atomic E-state index is 0.274. The number of amides is 1. The zero-order valence-electron chi connectivity index (χ0n) is 12.6. The van der Waals surface area contributed by atoms with E-state index in [9.17, 15) is 14.7 Å². The van der Waals surface area contributed by atoms with E-state index in [0.29, 0.717) is 30.9 Å². The maximum absolute atomic E-state index is 12.4. The summed E-state index contributed by atoms with van der Waals surface area (Å²) in [5.41, 5.74) is 0.583. The third-order valence-corrected chi connectivity index (χ3v) is 3.69. The minimum Gasteiger partial charge on any atom is -0.491 e. The average Bonchev–Trinajstić information content (AvgIpc) is 2.54. The van der Waals surface area contributed by atoms with Crippen molar-refractivity contribution in [2.24, 2.45) is 11.8 Å². The van der Waals surface area contributed by atoms with Gasteiger partial charge in [-0.2, -0.15) is 0 Å². The van der Waals surface area contributed by atoms with Crippen LogP contribution in [-0.2, 0) is 9.59 Å². The monoisotopic (exact) mass is 303 g/mol. The molecule has 1 aliphatic carbocycles. The number of carboxylic acid groups (broad SMARTS) is 1. The molecule has 118 valence electrons. The molecule has 0 bridgehead atoms. The summed E-state index contributed by atoms with van der Waals surface area (Å²) in [6, 6.07) is 7.20. The van der Waals surface area contributed by atoms with E-state index < -0.39 is 17.8 Å². The van der Waals surface area contributed by atoms with Crippen molar-refractivity contribution in [3.8, 4) is 5.75 Å². The zero-order valence-corrected chi connectivity index (χ0v) is 12.6. The quantitative estimate of drug-likeness (QED) is 0.792. The summed E-state index contributed by atoms with van der Waals surface area (Å²) in [6.07, 6.45) is 5.39. The lowest BCUT2D eigenvalue weighted by molar-refractivity contribution is -0.146. The normalized spacial score (nSPS) is 20.4. The van der Waals surface area contributed by atoms with E-state index in [-0.39, 0.29) is 5.91 Å². The fourth-order valence-electron chi connectivity index (χ4n) is 2.51. The molecule has 0 saturated carbocycles. The topological polar surface area (TPSA) is 75.6 Å². The fourth-order valence-corrected chi connectivity index (χ4v) is 2.51. The second-order valence-electron chi connectivity index (χ2n) is 5.33. The Kier molecular flexibility index (Phi) is 5.58. The molecule has 2 rings (SSSR count). The van der Waals surface area contributed by atoms with E-state index in [0.717, 1.165) is 6.42 Å². The predicted octanol–water partition coefficient (Wildman–Crippen LogP) is 3.08. The van der Waals surface area contributed by atoms with Gasteiger partial charge in [-0.25, -0.2) is 0 Å². The smallest absolute Gasteiger partial charge is 0.307 e. The Morgan fingerprint density at radius 3 is 2.59 bits per heavy atom. The highest BCUT2D eigenvalue weighted by atomic mass is 16.5. The van der Waals surface area contributed by atoms with Crippen LogP contribution in [0.5, 0.6) is 5.75 Å². The molecule has 0 radical (unpaired) electrons. The summed E-state index contributed by atoms with van der Waals surface area (Å²) in [5, 5.41) is 12.1. The van der Waals surface area contributed by atoms with E-state index in [1.165, 1.54) is 0 Å². The lowest BCUT2D eigenvalue weighted by Gasteiger charge is -2.24. The maximum Gasteiger partial charge on any atom is 0.307 e. The van der Waals surface area contributed by atoms with Crippen LogP contribution in [0, 0.1) is 11.8 Å². The first-order valence-corrected chi connectivity index (χ1v) is 7.54. The first-order chi connectivity index (χ1) is 10.6. The molecular weight excluding hydrogens is 282 g/mol. The summed E-state index contributed by atoms with van der Waals surface area (Å²) in [7, 11) is 0. The predicted molar refractivity (Wildman–Crippen MR) is 83.8 cm³/mol. The van der Waals surface area contributed by atoms with Crippen molar-refractivity contribution in [2.45, 2.75) is 26.2 Å². The molecule has 22 heavy (non-hydrogen) atoms. The summed E-state index contributed by atoms with van der Waals surface area (Å²) in [6.45, 7) is 2.57. The number of hydrogen-bond donors (Lipinski definition) is 2. The Hall–Kier alpha value is -2.30. The number of carboxylic acids is 1. The van der Waals surface area contributed by atoms with Crippen molar-refractivity contribution in [3.63, 3.8) is 0 Å². The average molecular weight is 303 g/mol. The maximum atomic E-state index is 12.4. The molecule has 5 heteroatoms. The van der Waals surface area contributed by atoms with E-state index in [4.69, 9.17) is 4.74 Å². The van der Waals surface area contributed by atoms with Crippen molar-refractivity contribution in [1.82, 2.24) is 0 Å². The number of rotatable bonds is 6. The van der Waals surface area contributed by atoms with Gasteiger partial charge in [-0.1, -0.05) is 31.2 Å². The van der Waals surface area contributed by atoms with Gasteiger partial charge in [-0.05, 0) is 31.4 Å². The van der Waals surface area contributed by atoms with Gasteiger partial charge in [0, 0.05) is 0 Å². The van der Waals surface area contributed by atoms with Gasteiger partial charge in [0.2, 0.25) is 5.91 Å². The third-order valence-electron chi connectivity index (χ3n) is 3.69. The molecule has 2 atom stereocenters. The van der Waals surface area contributed by atoms with Crippen molar-refractivity contribution in [3.05, 3.63) is 36.4 Å². The number of ether oxygens (including phenoxy) is 1. The molecule has 1 amide bonds. The highest BCUT2D eigenvalue weighted by Crippen LogP contribution is 2.29. The lowest BCUT2D eigenvalue weighted by atomic mass is 9.82. The minimum atomic E-state index is -0.931. The lowest BCUT2D eigenvalue weighted by Crippen LogP contribution is -2.34. The van der Waals surface area contributed by atoms with Crippen LogP contribution in [0.15, 0.2) is 36.4 Å². The Labute approximate surface area is 130 Å². The van der Waals surface area contributed by atoms with Crippen LogP contribution in [0.25, 0.3) is 0 Å². The van der Waals surface area contributed by atoms with Crippen LogP contribution in [-0.4, -0.2) is 23.6 Å². The molecule has 5 nitrogen and oxygen atoms in total. The van der Waals surface area contributed by atoms with E-state index in [1.807, 2.05) is 31.2 Å². The zero-order chi connectivity index (χ0) is 15.9. The van der Waals surface area contributed by atoms with Gasteiger partial charge >= 0.3 is 5.97 Å². The molecule has 1 aromatic rings. The van der Waals surface area contributed by atoms with Crippen LogP contribution in [0.2, 0.25) is 0 Å². The van der Waals surface area contributed by atoms with Crippen molar-refractivity contribution >= 4 is 17.6 Å². The first-order valence-electron chi connectivity index (χ1n) is 7.54. The molecule has 0 fully saturated rings. The molecule has 1 aromatic carbocycles. The Morgan fingerprint density at radius 2 is 1.91 bits per heavy atom. The molecule has 0 aromatic heterocycles. The Morgan fingerprint density at radius 1 is 1.23 bits per heavy atom. The van der Waals surface area contributed by atoms with Crippen LogP contribution >= 0.6 is 0 Å². The second-order valence-corrected chi connectivity index (χ2v) is 5.33. The van der Waals surface area contributed by atoms with Gasteiger partial charge in [0.1, 0.15) is 5.75 Å². The van der Waals surface area contributed by atoms with Crippen LogP contribution < -0.4 is 10.1 Å². The number of carbonyl (C=O) groups is 2. The summed E-state index contributed by atoms with van der Waals surface area (Å²) in [4.78, 5) is 23.7. The van der Waals surface area contributed by atoms with Gasteiger partial charge in [0.05, 0.1) is 24.1 Å². The second kappa shape index (κ2) is 7.64. The number of para-hydroxylation sites is 2. The Balaban J connectivity index is 2.11. The molecule has 0 saturated heterocycles. The molecular formula is C17H21NO4. The Bertz CT molecular complexity index is 568. The van der Waals surface area contributed by atoms with Crippen LogP contribution in [0.3, 0.4) is 0 Å². The summed E-state index contributed by atoms with van der Waals surface area (Å²) < 4.78 is 5.60. The number of aliphatic carboxylic acids is 1. The number of benzene rings is 1. The van der Waals surface area contributed by atoms with Gasteiger partial charge in [0.15, 0.2) is 0 Å². The van der Waals surface area contributed by atoms with Crippen LogP contribution in [0.4, 0.5) is 5.69 Å². The number of nitrogens with one attached hydrogen (secondary N) is 1. The molecule has 1 aliphatic rings.